The number of halogens is 1. The normalized spacial score (nSPS) is 26.1. The first-order valence-electron chi connectivity index (χ1n) is 7.36. The molecule has 1 heterocycles. The topological polar surface area (TPSA) is 38.7 Å². The molecule has 2 atom stereocenters. The molecular formula is C16H21BrO3. The highest BCUT2D eigenvalue weighted by Gasteiger charge is 2.43. The van der Waals surface area contributed by atoms with Crippen molar-refractivity contribution in [2.24, 2.45) is 0 Å². The fraction of sp³-hybridized carbons (Fsp3) is 0.625. The molecule has 1 N–H and O–H groups in total. The van der Waals surface area contributed by atoms with Gasteiger partial charge in [-0.1, -0.05) is 22.0 Å². The minimum atomic E-state index is -0.518. The summed E-state index contributed by atoms with van der Waals surface area (Å²) in [5.74, 6) is 0.788. The highest BCUT2D eigenvalue weighted by Crippen LogP contribution is 2.43. The minimum Gasteiger partial charge on any atom is -0.490 e. The SMILES string of the molecule is CC(O)c1ccc(Br)cc1OC1CCOC2(CCC2)C1. The third-order valence-electron chi connectivity index (χ3n) is 4.43. The van der Waals surface area contributed by atoms with Crippen molar-refractivity contribution in [3.63, 3.8) is 0 Å². The Morgan fingerprint density at radius 1 is 1.45 bits per heavy atom. The lowest BCUT2D eigenvalue weighted by atomic mass is 9.74. The van der Waals surface area contributed by atoms with Crippen LogP contribution in [0.3, 0.4) is 0 Å². The van der Waals surface area contributed by atoms with Gasteiger partial charge in [0.05, 0.1) is 18.3 Å². The molecule has 4 heteroatoms. The van der Waals surface area contributed by atoms with E-state index in [0.29, 0.717) is 0 Å². The molecule has 20 heavy (non-hydrogen) atoms. The molecule has 0 amide bonds. The average Bonchev–Trinajstić information content (AvgIpc) is 2.37. The Morgan fingerprint density at radius 2 is 2.25 bits per heavy atom. The van der Waals surface area contributed by atoms with Crippen LogP contribution in [0.4, 0.5) is 0 Å². The second-order valence-corrected chi connectivity index (χ2v) is 6.89. The summed E-state index contributed by atoms with van der Waals surface area (Å²) in [6, 6.07) is 5.81. The van der Waals surface area contributed by atoms with E-state index >= 15 is 0 Å². The van der Waals surface area contributed by atoms with E-state index in [9.17, 15) is 5.11 Å². The molecule has 1 aromatic rings. The monoisotopic (exact) mass is 340 g/mol. The van der Waals surface area contributed by atoms with Crippen molar-refractivity contribution in [1.82, 2.24) is 0 Å². The number of ether oxygens (including phenoxy) is 2. The van der Waals surface area contributed by atoms with Crippen LogP contribution < -0.4 is 4.74 Å². The molecule has 3 nitrogen and oxygen atoms in total. The van der Waals surface area contributed by atoms with Gasteiger partial charge in [-0.3, -0.25) is 0 Å². The van der Waals surface area contributed by atoms with Gasteiger partial charge < -0.3 is 14.6 Å². The molecule has 1 spiro atoms. The second-order valence-electron chi connectivity index (χ2n) is 5.98. The third kappa shape index (κ3) is 2.87. The van der Waals surface area contributed by atoms with Gasteiger partial charge >= 0.3 is 0 Å². The highest BCUT2D eigenvalue weighted by molar-refractivity contribution is 9.10. The van der Waals surface area contributed by atoms with Crippen LogP contribution in [0.2, 0.25) is 0 Å². The van der Waals surface area contributed by atoms with Gasteiger partial charge in [-0.05, 0) is 38.3 Å². The molecule has 0 bridgehead atoms. The summed E-state index contributed by atoms with van der Waals surface area (Å²) in [5.41, 5.74) is 0.933. The van der Waals surface area contributed by atoms with Gasteiger partial charge in [-0.25, -0.2) is 0 Å². The van der Waals surface area contributed by atoms with Crippen LogP contribution in [0, 0.1) is 0 Å². The molecule has 0 aromatic heterocycles. The van der Waals surface area contributed by atoms with E-state index in [0.717, 1.165) is 48.1 Å². The zero-order chi connectivity index (χ0) is 14.2. The maximum Gasteiger partial charge on any atom is 0.126 e. The number of hydrogen-bond acceptors (Lipinski definition) is 3. The van der Waals surface area contributed by atoms with Crippen LogP contribution in [0.5, 0.6) is 5.75 Å². The molecule has 0 radical (unpaired) electrons. The van der Waals surface area contributed by atoms with Crippen LogP contribution in [0.15, 0.2) is 22.7 Å². The maximum absolute atomic E-state index is 9.86. The van der Waals surface area contributed by atoms with Crippen molar-refractivity contribution in [3.05, 3.63) is 28.2 Å². The van der Waals surface area contributed by atoms with E-state index in [1.165, 1.54) is 6.42 Å². The molecule has 110 valence electrons. The number of hydrogen-bond donors (Lipinski definition) is 1. The van der Waals surface area contributed by atoms with Crippen molar-refractivity contribution >= 4 is 15.9 Å². The maximum atomic E-state index is 9.86. The Labute approximate surface area is 128 Å². The van der Waals surface area contributed by atoms with E-state index in [4.69, 9.17) is 9.47 Å². The number of aliphatic hydroxyl groups excluding tert-OH is 1. The van der Waals surface area contributed by atoms with Crippen LogP contribution in [-0.2, 0) is 4.74 Å². The van der Waals surface area contributed by atoms with Gasteiger partial charge in [-0.2, -0.15) is 0 Å². The molecule has 2 unspecified atom stereocenters. The first-order chi connectivity index (χ1) is 9.58. The molecule has 1 aliphatic carbocycles. The van der Waals surface area contributed by atoms with Crippen molar-refractivity contribution in [1.29, 1.82) is 0 Å². The summed E-state index contributed by atoms with van der Waals surface area (Å²) in [5, 5.41) is 9.86. The standard InChI is InChI=1S/C16H21BrO3/c1-11(18)14-4-3-12(17)9-15(14)20-13-5-8-19-16(10-13)6-2-7-16/h3-4,9,11,13,18H,2,5-8,10H2,1H3. The van der Waals surface area contributed by atoms with Gasteiger partial charge in [0, 0.05) is 22.9 Å². The fourth-order valence-electron chi connectivity index (χ4n) is 3.14. The van der Waals surface area contributed by atoms with E-state index in [-0.39, 0.29) is 11.7 Å². The predicted molar refractivity (Wildman–Crippen MR) is 81.0 cm³/mol. The van der Waals surface area contributed by atoms with Crippen molar-refractivity contribution in [3.8, 4) is 5.75 Å². The molecule has 3 rings (SSSR count). The molecule has 1 aliphatic heterocycles. The fourth-order valence-corrected chi connectivity index (χ4v) is 3.48. The smallest absolute Gasteiger partial charge is 0.126 e. The summed E-state index contributed by atoms with van der Waals surface area (Å²) in [7, 11) is 0. The molecule has 1 saturated carbocycles. The summed E-state index contributed by atoms with van der Waals surface area (Å²) in [6.07, 6.45) is 5.16. The largest absolute Gasteiger partial charge is 0.490 e. The Kier molecular flexibility index (Phi) is 4.07. The molecule has 2 fully saturated rings. The predicted octanol–water partition coefficient (Wildman–Crippen LogP) is 3.98. The third-order valence-corrected chi connectivity index (χ3v) is 4.93. The van der Waals surface area contributed by atoms with Gasteiger partial charge in [0.25, 0.3) is 0 Å². The lowest BCUT2D eigenvalue weighted by Gasteiger charge is -2.47. The lowest BCUT2D eigenvalue weighted by Crippen LogP contribution is -2.48. The summed E-state index contributed by atoms with van der Waals surface area (Å²) >= 11 is 3.47. The second kappa shape index (κ2) is 5.66. The minimum absolute atomic E-state index is 0.0833. The summed E-state index contributed by atoms with van der Waals surface area (Å²) < 4.78 is 13.1. The molecule has 1 aromatic carbocycles. The summed E-state index contributed by atoms with van der Waals surface area (Å²) in [6.45, 7) is 2.55. The van der Waals surface area contributed by atoms with Crippen LogP contribution in [-0.4, -0.2) is 23.4 Å². The highest BCUT2D eigenvalue weighted by atomic mass is 79.9. The van der Waals surface area contributed by atoms with Gasteiger partial charge in [0.15, 0.2) is 0 Å². The van der Waals surface area contributed by atoms with E-state index in [1.807, 2.05) is 18.2 Å². The zero-order valence-electron chi connectivity index (χ0n) is 11.8. The number of benzene rings is 1. The van der Waals surface area contributed by atoms with Gasteiger partial charge in [0.1, 0.15) is 11.9 Å². The lowest BCUT2D eigenvalue weighted by molar-refractivity contribution is -0.153. The van der Waals surface area contributed by atoms with Crippen LogP contribution in [0.1, 0.15) is 50.7 Å². The van der Waals surface area contributed by atoms with Gasteiger partial charge in [0.2, 0.25) is 0 Å². The summed E-state index contributed by atoms with van der Waals surface area (Å²) in [4.78, 5) is 0. The van der Waals surface area contributed by atoms with Gasteiger partial charge in [-0.15, -0.1) is 0 Å². The first-order valence-corrected chi connectivity index (χ1v) is 8.15. The molecule has 1 saturated heterocycles. The first kappa shape index (κ1) is 14.4. The van der Waals surface area contributed by atoms with E-state index in [1.54, 1.807) is 6.92 Å². The van der Waals surface area contributed by atoms with Crippen molar-refractivity contribution in [2.45, 2.75) is 56.8 Å². The Balaban J connectivity index is 1.75. The quantitative estimate of drug-likeness (QED) is 0.904. The molecule has 2 aliphatic rings. The number of aliphatic hydroxyl groups is 1. The van der Waals surface area contributed by atoms with E-state index < -0.39 is 6.10 Å². The van der Waals surface area contributed by atoms with Crippen LogP contribution >= 0.6 is 15.9 Å². The number of rotatable bonds is 3. The Morgan fingerprint density at radius 3 is 2.90 bits per heavy atom. The van der Waals surface area contributed by atoms with E-state index in [2.05, 4.69) is 15.9 Å². The Hall–Kier alpha value is -0.580. The van der Waals surface area contributed by atoms with Crippen molar-refractivity contribution < 1.29 is 14.6 Å². The average molecular weight is 341 g/mol. The molecular weight excluding hydrogens is 320 g/mol. The van der Waals surface area contributed by atoms with Crippen molar-refractivity contribution in [2.75, 3.05) is 6.61 Å². The Bertz CT molecular complexity index is 483. The van der Waals surface area contributed by atoms with Crippen LogP contribution in [0.25, 0.3) is 0 Å². The zero-order valence-corrected chi connectivity index (χ0v) is 13.4.